The van der Waals surface area contributed by atoms with E-state index in [9.17, 15) is 9.59 Å². The van der Waals surface area contributed by atoms with Crippen molar-refractivity contribution in [1.29, 1.82) is 0 Å². The van der Waals surface area contributed by atoms with E-state index in [0.29, 0.717) is 33.5 Å². The standard InChI is InChI=1S/C19H25ClN4O2S/c1-5-24-16(15(20)11(4)23-24)18(26)22-19-14(17(25)21-10(2)3)12-8-6-7-9-13(12)27-19/h10H,5-9H2,1-4H3,(H,21,25)(H,22,26). The van der Waals surface area contributed by atoms with E-state index in [4.69, 9.17) is 11.6 Å². The molecule has 0 bridgehead atoms. The molecule has 2 aromatic rings. The SMILES string of the molecule is CCn1nc(C)c(Cl)c1C(=O)Nc1sc2c(c1C(=O)NC(C)C)CCCC2. The van der Waals surface area contributed by atoms with Crippen molar-refractivity contribution >= 4 is 39.8 Å². The highest BCUT2D eigenvalue weighted by molar-refractivity contribution is 7.17. The lowest BCUT2D eigenvalue weighted by Gasteiger charge is -2.14. The Bertz CT molecular complexity index is 885. The topological polar surface area (TPSA) is 76.0 Å². The van der Waals surface area contributed by atoms with E-state index < -0.39 is 0 Å². The van der Waals surface area contributed by atoms with Crippen LogP contribution < -0.4 is 10.6 Å². The molecule has 2 heterocycles. The molecule has 0 saturated heterocycles. The van der Waals surface area contributed by atoms with Gasteiger partial charge >= 0.3 is 0 Å². The van der Waals surface area contributed by atoms with E-state index in [1.165, 1.54) is 16.2 Å². The predicted octanol–water partition coefficient (Wildman–Crippen LogP) is 4.20. The zero-order valence-corrected chi connectivity index (χ0v) is 17.7. The van der Waals surface area contributed by atoms with Crippen molar-refractivity contribution in [2.75, 3.05) is 5.32 Å². The van der Waals surface area contributed by atoms with Gasteiger partial charge < -0.3 is 10.6 Å². The fraction of sp³-hybridized carbons (Fsp3) is 0.526. The van der Waals surface area contributed by atoms with E-state index in [0.717, 1.165) is 31.2 Å². The molecule has 2 amide bonds. The summed E-state index contributed by atoms with van der Waals surface area (Å²) in [6.07, 6.45) is 3.99. The van der Waals surface area contributed by atoms with Gasteiger partial charge in [-0.25, -0.2) is 0 Å². The van der Waals surface area contributed by atoms with Crippen LogP contribution in [0.4, 0.5) is 5.00 Å². The highest BCUT2D eigenvalue weighted by Crippen LogP contribution is 2.38. The summed E-state index contributed by atoms with van der Waals surface area (Å²) in [5.41, 5.74) is 2.63. The number of aromatic nitrogens is 2. The Morgan fingerprint density at radius 3 is 2.63 bits per heavy atom. The molecule has 146 valence electrons. The average molecular weight is 409 g/mol. The molecule has 0 aliphatic heterocycles. The molecule has 6 nitrogen and oxygen atoms in total. The van der Waals surface area contributed by atoms with Gasteiger partial charge in [0.1, 0.15) is 10.7 Å². The minimum absolute atomic E-state index is 0.0267. The van der Waals surface area contributed by atoms with Gasteiger partial charge in [0.25, 0.3) is 11.8 Å². The molecular formula is C19H25ClN4O2S. The molecule has 1 aliphatic rings. The maximum atomic E-state index is 13.0. The van der Waals surface area contributed by atoms with Gasteiger partial charge in [-0.05, 0) is 58.9 Å². The molecule has 8 heteroatoms. The van der Waals surface area contributed by atoms with E-state index in [1.54, 1.807) is 11.6 Å². The largest absolute Gasteiger partial charge is 0.350 e. The van der Waals surface area contributed by atoms with E-state index in [2.05, 4.69) is 15.7 Å². The smallest absolute Gasteiger partial charge is 0.276 e. The molecule has 27 heavy (non-hydrogen) atoms. The van der Waals surface area contributed by atoms with Gasteiger partial charge in [-0.2, -0.15) is 5.10 Å². The average Bonchev–Trinajstić information content (AvgIpc) is 3.11. The van der Waals surface area contributed by atoms with Gasteiger partial charge in [0.2, 0.25) is 0 Å². The summed E-state index contributed by atoms with van der Waals surface area (Å²) >= 11 is 7.81. The maximum Gasteiger partial charge on any atom is 0.276 e. The summed E-state index contributed by atoms with van der Waals surface area (Å²) in [6, 6.07) is 0.0267. The highest BCUT2D eigenvalue weighted by Gasteiger charge is 2.28. The summed E-state index contributed by atoms with van der Waals surface area (Å²) in [4.78, 5) is 27.0. The zero-order chi connectivity index (χ0) is 19.7. The number of thiophene rings is 1. The number of hydrogen-bond acceptors (Lipinski definition) is 4. The number of carbonyl (C=O) groups is 2. The molecular weight excluding hydrogens is 384 g/mol. The highest BCUT2D eigenvalue weighted by atomic mass is 35.5. The van der Waals surface area contributed by atoms with Crippen LogP contribution in [0.3, 0.4) is 0 Å². The lowest BCUT2D eigenvalue weighted by Crippen LogP contribution is -2.31. The number of amides is 2. The molecule has 0 saturated carbocycles. The van der Waals surface area contributed by atoms with E-state index in [1.807, 2.05) is 20.8 Å². The monoisotopic (exact) mass is 408 g/mol. The number of aryl methyl sites for hydroxylation is 3. The second-order valence-corrected chi connectivity index (χ2v) is 8.54. The number of carbonyl (C=O) groups excluding carboxylic acids is 2. The summed E-state index contributed by atoms with van der Waals surface area (Å²) in [5.74, 6) is -0.467. The van der Waals surface area contributed by atoms with Gasteiger partial charge in [0.15, 0.2) is 0 Å². The fourth-order valence-electron chi connectivity index (χ4n) is 3.40. The summed E-state index contributed by atoms with van der Waals surface area (Å²) < 4.78 is 1.59. The van der Waals surface area contributed by atoms with Crippen LogP contribution in [0.15, 0.2) is 0 Å². The molecule has 0 atom stereocenters. The second-order valence-electron chi connectivity index (χ2n) is 7.06. The van der Waals surface area contributed by atoms with Crippen LogP contribution in [0.25, 0.3) is 0 Å². The van der Waals surface area contributed by atoms with Crippen molar-refractivity contribution < 1.29 is 9.59 Å². The number of rotatable bonds is 5. The van der Waals surface area contributed by atoms with Gasteiger partial charge in [-0.1, -0.05) is 11.6 Å². The molecule has 0 aromatic carbocycles. The first-order chi connectivity index (χ1) is 12.8. The summed E-state index contributed by atoms with van der Waals surface area (Å²) in [6.45, 7) is 8.08. The maximum absolute atomic E-state index is 13.0. The third-order valence-electron chi connectivity index (χ3n) is 4.61. The Kier molecular flexibility index (Phi) is 5.91. The minimum Gasteiger partial charge on any atom is -0.350 e. The molecule has 0 unspecified atom stereocenters. The normalized spacial score (nSPS) is 13.6. The predicted molar refractivity (Wildman–Crippen MR) is 109 cm³/mol. The molecule has 2 N–H and O–H groups in total. The zero-order valence-electron chi connectivity index (χ0n) is 16.1. The fourth-order valence-corrected chi connectivity index (χ4v) is 4.90. The van der Waals surface area contributed by atoms with Crippen molar-refractivity contribution in [2.24, 2.45) is 0 Å². The molecule has 0 spiro atoms. The first kappa shape index (κ1) is 19.9. The molecule has 3 rings (SSSR count). The van der Waals surface area contributed by atoms with Crippen LogP contribution >= 0.6 is 22.9 Å². The van der Waals surface area contributed by atoms with Crippen molar-refractivity contribution in [1.82, 2.24) is 15.1 Å². The number of fused-ring (bicyclic) bond motifs is 1. The van der Waals surface area contributed by atoms with Gasteiger partial charge in [0, 0.05) is 17.5 Å². The van der Waals surface area contributed by atoms with Crippen LogP contribution in [0.1, 0.15) is 70.6 Å². The van der Waals surface area contributed by atoms with Crippen LogP contribution in [0.2, 0.25) is 5.02 Å². The van der Waals surface area contributed by atoms with E-state index in [-0.39, 0.29) is 17.9 Å². The van der Waals surface area contributed by atoms with E-state index >= 15 is 0 Å². The van der Waals surface area contributed by atoms with Crippen LogP contribution in [-0.2, 0) is 19.4 Å². The number of nitrogens with zero attached hydrogens (tertiary/aromatic N) is 2. The van der Waals surface area contributed by atoms with Crippen LogP contribution in [-0.4, -0.2) is 27.6 Å². The van der Waals surface area contributed by atoms with Crippen LogP contribution in [0, 0.1) is 6.92 Å². The Morgan fingerprint density at radius 1 is 1.26 bits per heavy atom. The Morgan fingerprint density at radius 2 is 1.96 bits per heavy atom. The third kappa shape index (κ3) is 3.89. The minimum atomic E-state index is -0.334. The van der Waals surface area contributed by atoms with Gasteiger partial charge in [-0.15, -0.1) is 11.3 Å². The summed E-state index contributed by atoms with van der Waals surface area (Å²) in [5, 5.41) is 11.2. The molecule has 0 radical (unpaired) electrons. The van der Waals surface area contributed by atoms with Crippen molar-refractivity contribution in [3.63, 3.8) is 0 Å². The molecule has 0 fully saturated rings. The number of hydrogen-bond donors (Lipinski definition) is 2. The number of nitrogens with one attached hydrogen (secondary N) is 2. The van der Waals surface area contributed by atoms with Crippen LogP contribution in [0.5, 0.6) is 0 Å². The number of halogens is 1. The van der Waals surface area contributed by atoms with Crippen molar-refractivity contribution in [3.05, 3.63) is 32.4 Å². The van der Waals surface area contributed by atoms with Crippen molar-refractivity contribution in [2.45, 2.75) is 66.0 Å². The Hall–Kier alpha value is -1.86. The Labute approximate surface area is 168 Å². The lowest BCUT2D eigenvalue weighted by molar-refractivity contribution is 0.0943. The van der Waals surface area contributed by atoms with Gasteiger partial charge in [-0.3, -0.25) is 14.3 Å². The van der Waals surface area contributed by atoms with Crippen molar-refractivity contribution in [3.8, 4) is 0 Å². The number of anilines is 1. The van der Waals surface area contributed by atoms with Gasteiger partial charge in [0.05, 0.1) is 16.3 Å². The molecule has 2 aromatic heterocycles. The second kappa shape index (κ2) is 8.02. The first-order valence-corrected chi connectivity index (χ1v) is 10.5. The third-order valence-corrected chi connectivity index (χ3v) is 6.27. The molecule has 1 aliphatic carbocycles. The Balaban J connectivity index is 1.98. The lowest BCUT2D eigenvalue weighted by atomic mass is 9.95. The quantitative estimate of drug-likeness (QED) is 0.778. The summed E-state index contributed by atoms with van der Waals surface area (Å²) in [7, 11) is 0. The first-order valence-electron chi connectivity index (χ1n) is 9.33.